The lowest BCUT2D eigenvalue weighted by molar-refractivity contribution is 0.0791. The van der Waals surface area contributed by atoms with Gasteiger partial charge in [0.2, 0.25) is 5.88 Å². The summed E-state index contributed by atoms with van der Waals surface area (Å²) in [6, 6.07) is 3.38. The van der Waals surface area contributed by atoms with E-state index in [9.17, 15) is 8.78 Å². The van der Waals surface area contributed by atoms with Crippen molar-refractivity contribution in [3.05, 3.63) is 36.0 Å². The molecular formula is C13H19F2IN4O. The molecule has 0 spiro atoms. The van der Waals surface area contributed by atoms with Gasteiger partial charge in [-0.3, -0.25) is 0 Å². The number of ether oxygens (including phenoxy) is 1. The summed E-state index contributed by atoms with van der Waals surface area (Å²) in [5.41, 5.74) is 7.17. The SMILES string of the molecule is C=C(C)CNC(N)=NCc1cccnc1OCC(F)F.I. The van der Waals surface area contributed by atoms with Gasteiger partial charge >= 0.3 is 0 Å². The summed E-state index contributed by atoms with van der Waals surface area (Å²) in [6.45, 7) is 5.61. The van der Waals surface area contributed by atoms with Crippen LogP contribution in [0.5, 0.6) is 5.88 Å². The average Bonchev–Trinajstić information content (AvgIpc) is 2.41. The lowest BCUT2D eigenvalue weighted by Gasteiger charge is -2.09. The first kappa shape index (κ1) is 19.6. The quantitative estimate of drug-likeness (QED) is 0.312. The second-order valence-corrected chi connectivity index (χ2v) is 4.18. The minimum atomic E-state index is -2.55. The van der Waals surface area contributed by atoms with Crippen LogP contribution >= 0.6 is 24.0 Å². The number of alkyl halides is 2. The van der Waals surface area contributed by atoms with Crippen molar-refractivity contribution >= 4 is 29.9 Å². The number of nitrogens with two attached hydrogens (primary N) is 1. The van der Waals surface area contributed by atoms with Crippen molar-refractivity contribution in [3.8, 4) is 5.88 Å². The second-order valence-electron chi connectivity index (χ2n) is 4.18. The molecule has 0 amide bonds. The van der Waals surface area contributed by atoms with E-state index in [1.54, 1.807) is 12.1 Å². The Morgan fingerprint density at radius 2 is 2.29 bits per heavy atom. The van der Waals surface area contributed by atoms with Gasteiger partial charge < -0.3 is 15.8 Å². The monoisotopic (exact) mass is 412 g/mol. The molecule has 0 unspecified atom stereocenters. The van der Waals surface area contributed by atoms with E-state index < -0.39 is 13.0 Å². The first-order valence-corrected chi connectivity index (χ1v) is 6.02. The number of nitrogens with zero attached hydrogens (tertiary/aromatic N) is 2. The van der Waals surface area contributed by atoms with Crippen LogP contribution in [0.4, 0.5) is 8.78 Å². The zero-order valence-electron chi connectivity index (χ0n) is 11.7. The second kappa shape index (κ2) is 10.3. The largest absolute Gasteiger partial charge is 0.471 e. The van der Waals surface area contributed by atoms with E-state index >= 15 is 0 Å². The maximum atomic E-state index is 12.1. The van der Waals surface area contributed by atoms with E-state index in [1.807, 2.05) is 6.92 Å². The van der Waals surface area contributed by atoms with E-state index in [4.69, 9.17) is 10.5 Å². The highest BCUT2D eigenvalue weighted by Crippen LogP contribution is 2.16. The van der Waals surface area contributed by atoms with Gasteiger partial charge in [0.15, 0.2) is 12.6 Å². The summed E-state index contributed by atoms with van der Waals surface area (Å²) in [4.78, 5) is 7.99. The Kier molecular flexibility index (Phi) is 9.59. The minimum Gasteiger partial charge on any atom is -0.471 e. The standard InChI is InChI=1S/C13H18F2N4O.HI/c1-9(2)6-18-13(16)19-7-10-4-3-5-17-12(10)20-8-11(14)15;/h3-5,11H,1,6-8H2,2H3,(H3,16,18,19);1H. The highest BCUT2D eigenvalue weighted by Gasteiger charge is 2.08. The molecule has 0 aromatic carbocycles. The Bertz CT molecular complexity index is 483. The Morgan fingerprint density at radius 1 is 1.57 bits per heavy atom. The fraction of sp³-hybridized carbons (Fsp3) is 0.385. The lowest BCUT2D eigenvalue weighted by Crippen LogP contribution is -2.32. The number of hydrogen-bond donors (Lipinski definition) is 2. The predicted octanol–water partition coefficient (Wildman–Crippen LogP) is 2.32. The maximum Gasteiger partial charge on any atom is 0.272 e. The van der Waals surface area contributed by atoms with Crippen LogP contribution in [0.15, 0.2) is 35.5 Å². The fourth-order valence-corrected chi connectivity index (χ4v) is 1.28. The van der Waals surface area contributed by atoms with Crippen LogP contribution in [-0.2, 0) is 6.54 Å². The summed E-state index contributed by atoms with van der Waals surface area (Å²) in [7, 11) is 0. The van der Waals surface area contributed by atoms with Crippen LogP contribution in [-0.4, -0.2) is 30.5 Å². The molecular weight excluding hydrogens is 393 g/mol. The smallest absolute Gasteiger partial charge is 0.272 e. The Hall–Kier alpha value is -1.45. The predicted molar refractivity (Wildman–Crippen MR) is 89.3 cm³/mol. The van der Waals surface area contributed by atoms with Crippen LogP contribution in [0, 0.1) is 0 Å². The van der Waals surface area contributed by atoms with Gasteiger partial charge in [-0.1, -0.05) is 18.2 Å². The van der Waals surface area contributed by atoms with Gasteiger partial charge in [0.1, 0.15) is 0 Å². The molecule has 8 heteroatoms. The summed E-state index contributed by atoms with van der Waals surface area (Å²) in [6.07, 6.45) is -1.08. The van der Waals surface area contributed by atoms with E-state index in [0.717, 1.165) is 5.57 Å². The molecule has 3 N–H and O–H groups in total. The number of aromatic nitrogens is 1. The molecule has 1 aromatic rings. The number of nitrogens with one attached hydrogen (secondary N) is 1. The van der Waals surface area contributed by atoms with Crippen molar-refractivity contribution in [2.24, 2.45) is 10.7 Å². The molecule has 0 saturated carbocycles. The maximum absolute atomic E-state index is 12.1. The summed E-state index contributed by atoms with van der Waals surface area (Å²) in [5.74, 6) is 0.390. The van der Waals surface area contributed by atoms with Gasteiger partial charge in [-0.15, -0.1) is 24.0 Å². The molecule has 1 rings (SSSR count). The molecule has 1 heterocycles. The van der Waals surface area contributed by atoms with Gasteiger partial charge in [-0.2, -0.15) is 0 Å². The Balaban J connectivity index is 0.00000400. The minimum absolute atomic E-state index is 0. The van der Waals surface area contributed by atoms with Gasteiger partial charge in [-0.25, -0.2) is 18.8 Å². The first-order valence-electron chi connectivity index (χ1n) is 6.02. The highest BCUT2D eigenvalue weighted by atomic mass is 127. The molecule has 1 aromatic heterocycles. The van der Waals surface area contributed by atoms with E-state index in [0.29, 0.717) is 12.1 Å². The van der Waals surface area contributed by atoms with Gasteiger partial charge in [-0.05, 0) is 13.0 Å². The number of pyridine rings is 1. The van der Waals surface area contributed by atoms with Crippen molar-refractivity contribution in [2.75, 3.05) is 13.2 Å². The number of halogens is 3. The zero-order chi connectivity index (χ0) is 15.0. The van der Waals surface area contributed by atoms with Gasteiger partial charge in [0.25, 0.3) is 6.43 Å². The summed E-state index contributed by atoms with van der Waals surface area (Å²) < 4.78 is 29.2. The van der Waals surface area contributed by atoms with Gasteiger partial charge in [0, 0.05) is 18.3 Å². The number of aliphatic imine (C=N–C) groups is 1. The third-order valence-corrected chi connectivity index (χ3v) is 2.19. The zero-order valence-corrected chi connectivity index (χ0v) is 14.0. The topological polar surface area (TPSA) is 72.5 Å². The highest BCUT2D eigenvalue weighted by molar-refractivity contribution is 14.0. The molecule has 0 fully saturated rings. The van der Waals surface area contributed by atoms with Gasteiger partial charge in [0.05, 0.1) is 6.54 Å². The van der Waals surface area contributed by atoms with E-state index in [2.05, 4.69) is 21.9 Å². The van der Waals surface area contributed by atoms with Crippen LogP contribution in [0.25, 0.3) is 0 Å². The summed E-state index contributed by atoms with van der Waals surface area (Å²) >= 11 is 0. The average molecular weight is 412 g/mol. The summed E-state index contributed by atoms with van der Waals surface area (Å²) in [5, 5.41) is 2.87. The molecule has 118 valence electrons. The van der Waals surface area contributed by atoms with E-state index in [1.165, 1.54) is 6.20 Å². The Labute approximate surface area is 139 Å². The van der Waals surface area contributed by atoms with Crippen LogP contribution in [0.3, 0.4) is 0 Å². The molecule has 0 radical (unpaired) electrons. The molecule has 0 aliphatic heterocycles. The fourth-order valence-electron chi connectivity index (χ4n) is 1.28. The molecule has 21 heavy (non-hydrogen) atoms. The van der Waals surface area contributed by atoms with Crippen molar-refractivity contribution < 1.29 is 13.5 Å². The molecule has 0 atom stereocenters. The van der Waals surface area contributed by atoms with Crippen LogP contribution < -0.4 is 15.8 Å². The third-order valence-electron chi connectivity index (χ3n) is 2.19. The molecule has 0 bridgehead atoms. The molecule has 0 aliphatic rings. The van der Waals surface area contributed by atoms with E-state index in [-0.39, 0.29) is 42.4 Å². The van der Waals surface area contributed by atoms with Crippen LogP contribution in [0.1, 0.15) is 12.5 Å². The normalized spacial score (nSPS) is 11.0. The molecule has 0 aliphatic carbocycles. The van der Waals surface area contributed by atoms with Crippen molar-refractivity contribution in [3.63, 3.8) is 0 Å². The molecule has 0 saturated heterocycles. The van der Waals surface area contributed by atoms with Crippen LogP contribution in [0.2, 0.25) is 0 Å². The Morgan fingerprint density at radius 3 is 2.90 bits per heavy atom. The van der Waals surface area contributed by atoms with Crippen molar-refractivity contribution in [1.82, 2.24) is 10.3 Å². The number of rotatable bonds is 7. The number of hydrogen-bond acceptors (Lipinski definition) is 3. The lowest BCUT2D eigenvalue weighted by atomic mass is 10.3. The van der Waals surface area contributed by atoms with Crippen molar-refractivity contribution in [1.29, 1.82) is 0 Å². The first-order chi connectivity index (χ1) is 9.49. The molecule has 5 nitrogen and oxygen atoms in total. The third kappa shape index (κ3) is 8.43. The number of guanidine groups is 1. The van der Waals surface area contributed by atoms with Crippen molar-refractivity contribution in [2.45, 2.75) is 19.9 Å².